The number of hydrogen-bond donors (Lipinski definition) is 1. The fourth-order valence-corrected chi connectivity index (χ4v) is 3.35. The number of hydrogen-bond acceptors (Lipinski definition) is 6. The van der Waals surface area contributed by atoms with Gasteiger partial charge in [0.2, 0.25) is 5.95 Å². The number of ether oxygens (including phenoxy) is 1. The molecule has 0 unspecified atom stereocenters. The lowest BCUT2D eigenvalue weighted by Gasteiger charge is -2.04. The summed E-state index contributed by atoms with van der Waals surface area (Å²) in [5.74, 6) is -0.0964. The van der Waals surface area contributed by atoms with Crippen molar-refractivity contribution in [2.45, 2.75) is 19.8 Å². The van der Waals surface area contributed by atoms with Crippen LogP contribution in [-0.4, -0.2) is 22.5 Å². The quantitative estimate of drug-likeness (QED) is 0.728. The number of nitrogens with two attached hydrogens (primary N) is 1. The van der Waals surface area contributed by atoms with Gasteiger partial charge in [-0.05, 0) is 31.4 Å². The second kappa shape index (κ2) is 6.75. The van der Waals surface area contributed by atoms with E-state index >= 15 is 0 Å². The number of thiophene rings is 1. The number of esters is 1. The van der Waals surface area contributed by atoms with E-state index < -0.39 is 0 Å². The number of fused-ring (bicyclic) bond motifs is 1. The Morgan fingerprint density at radius 1 is 1.22 bits per heavy atom. The minimum atomic E-state index is -0.330. The summed E-state index contributed by atoms with van der Waals surface area (Å²) in [4.78, 5) is 21.7. The molecule has 0 aliphatic rings. The molecule has 3 rings (SSSR count). The van der Waals surface area contributed by atoms with Crippen molar-refractivity contribution < 1.29 is 9.53 Å². The van der Waals surface area contributed by atoms with Crippen LogP contribution in [0.5, 0.6) is 0 Å². The topological polar surface area (TPSA) is 78.1 Å². The summed E-state index contributed by atoms with van der Waals surface area (Å²) in [6.45, 7) is 2.13. The molecule has 0 saturated carbocycles. The molecular weight excluding hydrogens is 310 g/mol. The van der Waals surface area contributed by atoms with Gasteiger partial charge in [-0.3, -0.25) is 0 Å². The summed E-state index contributed by atoms with van der Waals surface area (Å²) in [6.07, 6.45) is 1.60. The van der Waals surface area contributed by atoms with Crippen molar-refractivity contribution >= 4 is 33.5 Å². The Balaban J connectivity index is 1.91. The maximum Gasteiger partial charge on any atom is 0.348 e. The Morgan fingerprint density at radius 2 is 2.00 bits per heavy atom. The summed E-state index contributed by atoms with van der Waals surface area (Å²) >= 11 is 1.29. The van der Waals surface area contributed by atoms with E-state index in [1.807, 2.05) is 18.2 Å². The molecule has 2 heterocycles. The molecule has 118 valence electrons. The Hall–Kier alpha value is -2.47. The van der Waals surface area contributed by atoms with Gasteiger partial charge in [0.25, 0.3) is 0 Å². The molecule has 2 N–H and O–H groups in total. The number of rotatable bonds is 5. The van der Waals surface area contributed by atoms with Crippen LogP contribution >= 0.6 is 11.3 Å². The summed E-state index contributed by atoms with van der Waals surface area (Å²) < 4.78 is 5.05. The number of nitrogen functional groups attached to an aromatic ring is 1. The maximum atomic E-state index is 11.9. The zero-order valence-corrected chi connectivity index (χ0v) is 13.6. The standard InChI is InChI=1S/C17H17N3O2S/c1-2-22-16(21)14-10-12-13(19-17(18)20-15(12)23-14)9-8-11-6-4-3-5-7-11/h3-7,10H,2,8-9H2,1H3,(H2,18,19,20). The van der Waals surface area contributed by atoms with Gasteiger partial charge in [0.1, 0.15) is 9.71 Å². The van der Waals surface area contributed by atoms with Crippen molar-refractivity contribution in [1.82, 2.24) is 9.97 Å². The van der Waals surface area contributed by atoms with E-state index in [-0.39, 0.29) is 11.9 Å². The van der Waals surface area contributed by atoms with Crippen LogP contribution in [0.4, 0.5) is 5.95 Å². The molecule has 0 amide bonds. The van der Waals surface area contributed by atoms with E-state index in [1.54, 1.807) is 13.0 Å². The van der Waals surface area contributed by atoms with Crippen LogP contribution in [0, 0.1) is 0 Å². The van der Waals surface area contributed by atoms with Gasteiger partial charge in [-0.1, -0.05) is 30.3 Å². The van der Waals surface area contributed by atoms with E-state index in [1.165, 1.54) is 16.9 Å². The molecule has 23 heavy (non-hydrogen) atoms. The third kappa shape index (κ3) is 3.48. The fraction of sp³-hybridized carbons (Fsp3) is 0.235. The summed E-state index contributed by atoms with van der Waals surface area (Å²) in [7, 11) is 0. The van der Waals surface area contributed by atoms with E-state index in [0.717, 1.165) is 28.8 Å². The van der Waals surface area contributed by atoms with E-state index in [4.69, 9.17) is 10.5 Å². The average molecular weight is 327 g/mol. The van der Waals surface area contributed by atoms with Gasteiger partial charge in [-0.25, -0.2) is 14.8 Å². The van der Waals surface area contributed by atoms with E-state index in [0.29, 0.717) is 11.5 Å². The molecule has 0 saturated heterocycles. The minimum Gasteiger partial charge on any atom is -0.462 e. The van der Waals surface area contributed by atoms with Crippen molar-refractivity contribution in [3.63, 3.8) is 0 Å². The number of benzene rings is 1. The van der Waals surface area contributed by atoms with Crippen LogP contribution in [0.2, 0.25) is 0 Å². The first-order valence-electron chi connectivity index (χ1n) is 7.44. The summed E-state index contributed by atoms with van der Waals surface area (Å²) in [6, 6.07) is 12.0. The number of aryl methyl sites for hydroxylation is 2. The lowest BCUT2D eigenvalue weighted by Crippen LogP contribution is -2.02. The van der Waals surface area contributed by atoms with Gasteiger partial charge < -0.3 is 10.5 Å². The Kier molecular flexibility index (Phi) is 4.52. The van der Waals surface area contributed by atoms with Gasteiger partial charge in [0.15, 0.2) is 0 Å². The van der Waals surface area contributed by atoms with Crippen LogP contribution < -0.4 is 5.73 Å². The number of anilines is 1. The van der Waals surface area contributed by atoms with Gasteiger partial charge in [-0.15, -0.1) is 11.3 Å². The molecule has 2 aromatic heterocycles. The van der Waals surface area contributed by atoms with Gasteiger partial charge in [0.05, 0.1) is 12.3 Å². The van der Waals surface area contributed by atoms with Crippen LogP contribution in [-0.2, 0) is 17.6 Å². The normalized spacial score (nSPS) is 10.8. The van der Waals surface area contributed by atoms with E-state index in [2.05, 4.69) is 22.1 Å². The van der Waals surface area contributed by atoms with Crippen LogP contribution in [0.1, 0.15) is 27.9 Å². The van der Waals surface area contributed by atoms with Crippen molar-refractivity contribution in [2.75, 3.05) is 12.3 Å². The maximum absolute atomic E-state index is 11.9. The first-order chi connectivity index (χ1) is 11.2. The molecule has 0 aliphatic carbocycles. The molecule has 1 aromatic carbocycles. The van der Waals surface area contributed by atoms with Crippen LogP contribution in [0.3, 0.4) is 0 Å². The summed E-state index contributed by atoms with van der Waals surface area (Å²) in [5, 5.41) is 0.878. The van der Waals surface area contributed by atoms with Gasteiger partial charge in [0, 0.05) is 5.39 Å². The van der Waals surface area contributed by atoms with Crippen molar-refractivity contribution in [1.29, 1.82) is 0 Å². The third-order valence-corrected chi connectivity index (χ3v) is 4.47. The monoisotopic (exact) mass is 327 g/mol. The van der Waals surface area contributed by atoms with Crippen molar-refractivity contribution in [2.24, 2.45) is 0 Å². The molecule has 0 spiro atoms. The number of carbonyl (C=O) groups is 1. The molecule has 5 nitrogen and oxygen atoms in total. The molecule has 6 heteroatoms. The fourth-order valence-electron chi connectivity index (χ4n) is 2.40. The Morgan fingerprint density at radius 3 is 2.74 bits per heavy atom. The zero-order chi connectivity index (χ0) is 16.2. The second-order valence-electron chi connectivity index (χ2n) is 5.06. The smallest absolute Gasteiger partial charge is 0.348 e. The minimum absolute atomic E-state index is 0.234. The molecule has 3 aromatic rings. The van der Waals surface area contributed by atoms with Crippen molar-refractivity contribution in [3.8, 4) is 0 Å². The Labute approximate surface area is 138 Å². The predicted molar refractivity (Wildman–Crippen MR) is 91.6 cm³/mol. The van der Waals surface area contributed by atoms with Gasteiger partial charge in [-0.2, -0.15) is 0 Å². The average Bonchev–Trinajstić information content (AvgIpc) is 2.98. The number of nitrogens with zero attached hydrogens (tertiary/aromatic N) is 2. The van der Waals surface area contributed by atoms with Crippen LogP contribution in [0.15, 0.2) is 36.4 Å². The molecule has 0 bridgehead atoms. The Bertz CT molecular complexity index is 830. The molecule has 0 radical (unpaired) electrons. The lowest BCUT2D eigenvalue weighted by molar-refractivity contribution is 0.0532. The first kappa shape index (κ1) is 15.4. The highest BCUT2D eigenvalue weighted by Gasteiger charge is 2.16. The highest BCUT2D eigenvalue weighted by molar-refractivity contribution is 7.20. The number of carbonyl (C=O) groups excluding carboxylic acids is 1. The SMILES string of the molecule is CCOC(=O)c1cc2c(CCc3ccccc3)nc(N)nc2s1. The largest absolute Gasteiger partial charge is 0.462 e. The second-order valence-corrected chi connectivity index (χ2v) is 6.09. The first-order valence-corrected chi connectivity index (χ1v) is 8.26. The highest BCUT2D eigenvalue weighted by Crippen LogP contribution is 2.28. The zero-order valence-electron chi connectivity index (χ0n) is 12.8. The molecule has 0 aliphatic heterocycles. The molecule has 0 fully saturated rings. The molecular formula is C17H17N3O2S. The lowest BCUT2D eigenvalue weighted by atomic mass is 10.1. The van der Waals surface area contributed by atoms with E-state index in [9.17, 15) is 4.79 Å². The number of aromatic nitrogens is 2. The predicted octanol–water partition coefficient (Wildman–Crippen LogP) is 3.24. The van der Waals surface area contributed by atoms with Crippen LogP contribution in [0.25, 0.3) is 10.2 Å². The summed E-state index contributed by atoms with van der Waals surface area (Å²) in [5.41, 5.74) is 7.90. The highest BCUT2D eigenvalue weighted by atomic mass is 32.1. The third-order valence-electron chi connectivity index (χ3n) is 3.46. The molecule has 0 atom stereocenters. The van der Waals surface area contributed by atoms with Crippen molar-refractivity contribution in [3.05, 3.63) is 52.5 Å². The van der Waals surface area contributed by atoms with Gasteiger partial charge >= 0.3 is 5.97 Å².